The Kier molecular flexibility index (Phi) is 3.06. The molecule has 1 N–H and O–H groups in total. The number of halogens is 2. The summed E-state index contributed by atoms with van der Waals surface area (Å²) in [5.41, 5.74) is 0. The summed E-state index contributed by atoms with van der Waals surface area (Å²) in [7, 11) is 0. The molecule has 2 nitrogen and oxygen atoms in total. The molecule has 0 radical (unpaired) electrons. The van der Waals surface area contributed by atoms with Crippen LogP contribution in [0.4, 0.5) is 8.78 Å². The second kappa shape index (κ2) is 4.07. The Morgan fingerprint density at radius 1 is 1.31 bits per heavy atom. The maximum Gasteiger partial charge on any atom is 0.168 e. The van der Waals surface area contributed by atoms with Crippen LogP contribution in [0.1, 0.15) is 13.3 Å². The maximum atomic E-state index is 12.9. The van der Waals surface area contributed by atoms with Crippen molar-refractivity contribution in [3.8, 4) is 11.5 Å². The number of aromatic hydroxyl groups is 1. The van der Waals surface area contributed by atoms with Gasteiger partial charge in [0.2, 0.25) is 0 Å². The van der Waals surface area contributed by atoms with Gasteiger partial charge in [-0.25, -0.2) is 8.78 Å². The SMILES string of the molecule is CCCOc1cc(F)c(O)cc1F. The first-order valence-corrected chi connectivity index (χ1v) is 3.96. The van der Waals surface area contributed by atoms with Gasteiger partial charge in [0.05, 0.1) is 6.61 Å². The Morgan fingerprint density at radius 3 is 2.62 bits per heavy atom. The summed E-state index contributed by atoms with van der Waals surface area (Å²) in [5.74, 6) is -2.52. The molecule has 1 aromatic rings. The second-order valence-corrected chi connectivity index (χ2v) is 2.58. The molecule has 0 amide bonds. The van der Waals surface area contributed by atoms with Gasteiger partial charge in [-0.15, -0.1) is 0 Å². The quantitative estimate of drug-likeness (QED) is 0.789. The standard InChI is InChI=1S/C9H10F2O2/c1-2-3-13-9-5-6(10)8(12)4-7(9)11/h4-5,12H,2-3H2,1H3. The van der Waals surface area contributed by atoms with E-state index in [0.29, 0.717) is 19.1 Å². The van der Waals surface area contributed by atoms with Gasteiger partial charge < -0.3 is 9.84 Å². The van der Waals surface area contributed by atoms with E-state index in [4.69, 9.17) is 9.84 Å². The number of phenolic OH excluding ortho intramolecular Hbond substituents is 1. The summed E-state index contributed by atoms with van der Waals surface area (Å²) in [6.07, 6.45) is 0.710. The van der Waals surface area contributed by atoms with Crippen LogP contribution in [-0.4, -0.2) is 11.7 Å². The van der Waals surface area contributed by atoms with Crippen molar-refractivity contribution in [2.24, 2.45) is 0 Å². The summed E-state index contributed by atoms with van der Waals surface area (Å²) < 4.78 is 30.5. The van der Waals surface area contributed by atoms with Crippen LogP contribution in [0.15, 0.2) is 12.1 Å². The second-order valence-electron chi connectivity index (χ2n) is 2.58. The third kappa shape index (κ3) is 2.31. The zero-order chi connectivity index (χ0) is 9.84. The molecule has 4 heteroatoms. The van der Waals surface area contributed by atoms with E-state index in [2.05, 4.69) is 0 Å². The minimum Gasteiger partial charge on any atom is -0.505 e. The number of hydrogen-bond donors (Lipinski definition) is 1. The Bertz CT molecular complexity index is 300. The first-order chi connectivity index (χ1) is 6.15. The third-order valence-electron chi connectivity index (χ3n) is 1.46. The summed E-state index contributed by atoms with van der Waals surface area (Å²) in [6, 6.07) is 1.53. The lowest BCUT2D eigenvalue weighted by Gasteiger charge is -2.06. The lowest BCUT2D eigenvalue weighted by Crippen LogP contribution is -1.98. The zero-order valence-corrected chi connectivity index (χ0v) is 7.18. The maximum absolute atomic E-state index is 12.9. The monoisotopic (exact) mass is 188 g/mol. The van der Waals surface area contributed by atoms with Gasteiger partial charge in [-0.1, -0.05) is 6.92 Å². The minimum atomic E-state index is -0.882. The van der Waals surface area contributed by atoms with E-state index < -0.39 is 17.4 Å². The Balaban J connectivity index is 2.88. The first-order valence-electron chi connectivity index (χ1n) is 3.96. The van der Waals surface area contributed by atoms with Crippen LogP contribution in [0.3, 0.4) is 0 Å². The summed E-state index contributed by atoms with van der Waals surface area (Å²) in [6.45, 7) is 2.18. The van der Waals surface area contributed by atoms with Gasteiger partial charge in [0.25, 0.3) is 0 Å². The van der Waals surface area contributed by atoms with E-state index in [-0.39, 0.29) is 5.75 Å². The molecule has 13 heavy (non-hydrogen) atoms. The van der Waals surface area contributed by atoms with Gasteiger partial charge in [0.15, 0.2) is 23.1 Å². The van der Waals surface area contributed by atoms with Gasteiger partial charge in [0.1, 0.15) is 0 Å². The topological polar surface area (TPSA) is 29.5 Å². The molecule has 0 atom stereocenters. The lowest BCUT2D eigenvalue weighted by atomic mass is 10.3. The van der Waals surface area contributed by atoms with E-state index in [1.54, 1.807) is 0 Å². The van der Waals surface area contributed by atoms with Crippen LogP contribution in [0, 0.1) is 11.6 Å². The van der Waals surface area contributed by atoms with Crippen LogP contribution in [0.5, 0.6) is 11.5 Å². The highest BCUT2D eigenvalue weighted by molar-refractivity contribution is 5.33. The van der Waals surface area contributed by atoms with Crippen molar-refractivity contribution >= 4 is 0 Å². The fourth-order valence-corrected chi connectivity index (χ4v) is 0.841. The van der Waals surface area contributed by atoms with Crippen LogP contribution < -0.4 is 4.74 Å². The smallest absolute Gasteiger partial charge is 0.168 e. The van der Waals surface area contributed by atoms with Crippen molar-refractivity contribution in [2.45, 2.75) is 13.3 Å². The molecule has 0 saturated carbocycles. The Morgan fingerprint density at radius 2 is 2.00 bits per heavy atom. The molecule has 72 valence electrons. The number of rotatable bonds is 3. The number of hydrogen-bond acceptors (Lipinski definition) is 2. The predicted octanol–water partition coefficient (Wildman–Crippen LogP) is 2.46. The lowest BCUT2D eigenvalue weighted by molar-refractivity contribution is 0.297. The van der Waals surface area contributed by atoms with Crippen molar-refractivity contribution in [3.63, 3.8) is 0 Å². The molecule has 0 fully saturated rings. The molecular weight excluding hydrogens is 178 g/mol. The minimum absolute atomic E-state index is 0.169. The highest BCUT2D eigenvalue weighted by Crippen LogP contribution is 2.25. The molecule has 0 aliphatic carbocycles. The normalized spacial score (nSPS) is 10.1. The van der Waals surface area contributed by atoms with Crippen LogP contribution in [-0.2, 0) is 0 Å². The van der Waals surface area contributed by atoms with Crippen molar-refractivity contribution in [1.29, 1.82) is 0 Å². The van der Waals surface area contributed by atoms with Crippen LogP contribution >= 0.6 is 0 Å². The Labute approximate surface area is 74.8 Å². The fraction of sp³-hybridized carbons (Fsp3) is 0.333. The van der Waals surface area contributed by atoms with Crippen LogP contribution in [0.25, 0.3) is 0 Å². The van der Waals surface area contributed by atoms with Gasteiger partial charge in [-0.3, -0.25) is 0 Å². The average Bonchev–Trinajstić information content (AvgIpc) is 2.09. The summed E-state index contributed by atoms with van der Waals surface area (Å²) in [5, 5.41) is 8.78. The van der Waals surface area contributed by atoms with Crippen molar-refractivity contribution < 1.29 is 18.6 Å². The van der Waals surface area contributed by atoms with Gasteiger partial charge in [0, 0.05) is 12.1 Å². The fourth-order valence-electron chi connectivity index (χ4n) is 0.841. The zero-order valence-electron chi connectivity index (χ0n) is 7.18. The number of ether oxygens (including phenoxy) is 1. The molecule has 1 aromatic carbocycles. The first kappa shape index (κ1) is 9.77. The number of phenols is 1. The third-order valence-corrected chi connectivity index (χ3v) is 1.46. The molecule has 0 spiro atoms. The molecule has 0 unspecified atom stereocenters. The van der Waals surface area contributed by atoms with Gasteiger partial charge >= 0.3 is 0 Å². The largest absolute Gasteiger partial charge is 0.505 e. The van der Waals surface area contributed by atoms with E-state index >= 15 is 0 Å². The van der Waals surface area contributed by atoms with Crippen molar-refractivity contribution in [3.05, 3.63) is 23.8 Å². The molecular formula is C9H10F2O2. The molecule has 0 saturated heterocycles. The molecule has 0 aliphatic heterocycles. The highest BCUT2D eigenvalue weighted by atomic mass is 19.1. The molecule has 0 aliphatic rings. The number of benzene rings is 1. The van der Waals surface area contributed by atoms with Crippen LogP contribution in [0.2, 0.25) is 0 Å². The van der Waals surface area contributed by atoms with Gasteiger partial charge in [-0.2, -0.15) is 0 Å². The molecule has 1 rings (SSSR count). The molecule has 0 aromatic heterocycles. The van der Waals surface area contributed by atoms with E-state index in [1.807, 2.05) is 6.92 Å². The van der Waals surface area contributed by atoms with E-state index in [0.717, 1.165) is 6.07 Å². The molecule has 0 heterocycles. The highest BCUT2D eigenvalue weighted by Gasteiger charge is 2.09. The Hall–Kier alpha value is -1.32. The van der Waals surface area contributed by atoms with Gasteiger partial charge in [-0.05, 0) is 6.42 Å². The average molecular weight is 188 g/mol. The molecule has 0 bridgehead atoms. The predicted molar refractivity (Wildman–Crippen MR) is 43.8 cm³/mol. The summed E-state index contributed by atoms with van der Waals surface area (Å²) >= 11 is 0. The van der Waals surface area contributed by atoms with E-state index in [1.165, 1.54) is 0 Å². The van der Waals surface area contributed by atoms with Crippen molar-refractivity contribution in [2.75, 3.05) is 6.61 Å². The van der Waals surface area contributed by atoms with E-state index in [9.17, 15) is 8.78 Å². The van der Waals surface area contributed by atoms with Crippen molar-refractivity contribution in [1.82, 2.24) is 0 Å². The summed E-state index contributed by atoms with van der Waals surface area (Å²) in [4.78, 5) is 0.